The Bertz CT molecular complexity index is 260. The van der Waals surface area contributed by atoms with E-state index in [1.807, 2.05) is 6.92 Å². The number of ether oxygens (including phenoxy) is 1. The van der Waals surface area contributed by atoms with Gasteiger partial charge in [0.2, 0.25) is 0 Å². The number of rotatable bonds is 9. The van der Waals surface area contributed by atoms with Gasteiger partial charge in [-0.3, -0.25) is 4.79 Å². The molecular weight excluding hydrogens is 226 g/mol. The van der Waals surface area contributed by atoms with Crippen LogP contribution in [0.4, 0.5) is 0 Å². The number of hydrogen-bond donors (Lipinski definition) is 1. The first-order valence-electron chi connectivity index (χ1n) is 7.66. The molecule has 2 aliphatic rings. The van der Waals surface area contributed by atoms with Crippen LogP contribution in [-0.4, -0.2) is 25.2 Å². The minimum Gasteiger partial charge on any atom is -0.465 e. The van der Waals surface area contributed by atoms with Gasteiger partial charge < -0.3 is 10.1 Å². The quantitative estimate of drug-likeness (QED) is 0.642. The van der Waals surface area contributed by atoms with Gasteiger partial charge in [0.1, 0.15) is 6.04 Å². The predicted octanol–water partition coefficient (Wildman–Crippen LogP) is 2.74. The third kappa shape index (κ3) is 3.98. The number of carbonyl (C=O) groups excluding carboxylic acids is 1. The molecule has 0 aromatic rings. The third-order valence-corrected chi connectivity index (χ3v) is 4.20. The van der Waals surface area contributed by atoms with E-state index in [0.717, 1.165) is 37.1 Å². The minimum absolute atomic E-state index is 0.0651. The first-order valence-corrected chi connectivity index (χ1v) is 7.66. The molecule has 0 bridgehead atoms. The number of nitrogens with one attached hydrogen (secondary N) is 1. The second-order valence-electron chi connectivity index (χ2n) is 5.84. The average Bonchev–Trinajstić information content (AvgIpc) is 3.21. The van der Waals surface area contributed by atoms with Crippen LogP contribution in [0.15, 0.2) is 0 Å². The van der Waals surface area contributed by atoms with E-state index in [0.29, 0.717) is 6.61 Å². The molecule has 1 N–H and O–H groups in total. The lowest BCUT2D eigenvalue weighted by atomic mass is 9.97. The third-order valence-electron chi connectivity index (χ3n) is 4.20. The van der Waals surface area contributed by atoms with Gasteiger partial charge in [0, 0.05) is 0 Å². The fourth-order valence-corrected chi connectivity index (χ4v) is 2.88. The maximum absolute atomic E-state index is 11.8. The van der Waals surface area contributed by atoms with Gasteiger partial charge in [0.25, 0.3) is 0 Å². The standard InChI is InChI=1S/C15H27NO2/c1-3-5-14(15(17)18-4-2)16-10-13(11-6-7-11)12-8-9-12/h11-14,16H,3-10H2,1-2H3. The maximum Gasteiger partial charge on any atom is 0.323 e. The van der Waals surface area contributed by atoms with E-state index in [2.05, 4.69) is 12.2 Å². The molecular formula is C15H27NO2. The van der Waals surface area contributed by atoms with E-state index in [4.69, 9.17) is 4.74 Å². The lowest BCUT2D eigenvalue weighted by molar-refractivity contribution is -0.145. The van der Waals surface area contributed by atoms with Crippen molar-refractivity contribution in [3.8, 4) is 0 Å². The van der Waals surface area contributed by atoms with Gasteiger partial charge in [-0.25, -0.2) is 0 Å². The molecule has 1 unspecified atom stereocenters. The van der Waals surface area contributed by atoms with Gasteiger partial charge in [-0.15, -0.1) is 0 Å². The van der Waals surface area contributed by atoms with Crippen LogP contribution >= 0.6 is 0 Å². The van der Waals surface area contributed by atoms with Crippen molar-refractivity contribution < 1.29 is 9.53 Å². The van der Waals surface area contributed by atoms with Crippen molar-refractivity contribution >= 4 is 5.97 Å². The molecule has 0 aliphatic heterocycles. The molecule has 0 saturated heterocycles. The normalized spacial score (nSPS) is 21.1. The molecule has 2 aliphatic carbocycles. The van der Waals surface area contributed by atoms with Gasteiger partial charge in [0.15, 0.2) is 0 Å². The molecule has 18 heavy (non-hydrogen) atoms. The van der Waals surface area contributed by atoms with Crippen LogP contribution < -0.4 is 5.32 Å². The van der Waals surface area contributed by atoms with E-state index >= 15 is 0 Å². The Kier molecular flexibility index (Phi) is 5.04. The molecule has 3 heteroatoms. The second-order valence-corrected chi connectivity index (χ2v) is 5.84. The summed E-state index contributed by atoms with van der Waals surface area (Å²) < 4.78 is 5.14. The average molecular weight is 253 g/mol. The van der Waals surface area contributed by atoms with Crippen molar-refractivity contribution in [2.45, 2.75) is 58.4 Å². The summed E-state index contributed by atoms with van der Waals surface area (Å²) in [5.74, 6) is 2.63. The fraction of sp³-hybridized carbons (Fsp3) is 0.933. The van der Waals surface area contributed by atoms with Gasteiger partial charge >= 0.3 is 5.97 Å². The van der Waals surface area contributed by atoms with Crippen molar-refractivity contribution in [1.82, 2.24) is 5.32 Å². The minimum atomic E-state index is -0.0880. The Morgan fingerprint density at radius 3 is 2.28 bits per heavy atom. The molecule has 0 radical (unpaired) electrons. The topological polar surface area (TPSA) is 38.3 Å². The number of carbonyl (C=O) groups is 1. The first kappa shape index (κ1) is 13.9. The van der Waals surface area contributed by atoms with Gasteiger partial charge in [-0.1, -0.05) is 13.3 Å². The summed E-state index contributed by atoms with van der Waals surface area (Å²) >= 11 is 0. The molecule has 0 amide bonds. The Morgan fingerprint density at radius 2 is 1.83 bits per heavy atom. The smallest absolute Gasteiger partial charge is 0.323 e. The van der Waals surface area contributed by atoms with Crippen LogP contribution in [0.5, 0.6) is 0 Å². The van der Waals surface area contributed by atoms with E-state index in [-0.39, 0.29) is 12.0 Å². The lowest BCUT2D eigenvalue weighted by Crippen LogP contribution is -2.41. The summed E-state index contributed by atoms with van der Waals surface area (Å²) in [6.45, 7) is 5.49. The summed E-state index contributed by atoms with van der Waals surface area (Å²) in [5.41, 5.74) is 0. The van der Waals surface area contributed by atoms with Crippen molar-refractivity contribution in [2.75, 3.05) is 13.2 Å². The molecule has 0 aromatic heterocycles. The van der Waals surface area contributed by atoms with Gasteiger partial charge in [-0.2, -0.15) is 0 Å². The highest BCUT2D eigenvalue weighted by atomic mass is 16.5. The van der Waals surface area contributed by atoms with Crippen LogP contribution in [0, 0.1) is 17.8 Å². The maximum atomic E-state index is 11.8. The van der Waals surface area contributed by atoms with Crippen LogP contribution in [0.3, 0.4) is 0 Å². The molecule has 0 spiro atoms. The zero-order chi connectivity index (χ0) is 13.0. The molecule has 2 fully saturated rings. The van der Waals surface area contributed by atoms with E-state index < -0.39 is 0 Å². The fourth-order valence-electron chi connectivity index (χ4n) is 2.88. The SMILES string of the molecule is CCCC(NCC(C1CC1)C1CC1)C(=O)OCC. The number of hydrogen-bond acceptors (Lipinski definition) is 3. The van der Waals surface area contributed by atoms with Crippen molar-refractivity contribution in [3.63, 3.8) is 0 Å². The molecule has 0 heterocycles. The molecule has 0 aromatic carbocycles. The van der Waals surface area contributed by atoms with E-state index in [9.17, 15) is 4.79 Å². The summed E-state index contributed by atoms with van der Waals surface area (Å²) in [5, 5.41) is 3.47. The lowest BCUT2D eigenvalue weighted by Gasteiger charge is -2.21. The molecule has 1 atom stereocenters. The highest BCUT2D eigenvalue weighted by molar-refractivity contribution is 5.75. The number of esters is 1. The Morgan fingerprint density at radius 1 is 1.22 bits per heavy atom. The summed E-state index contributed by atoms with van der Waals surface area (Å²) in [6, 6.07) is -0.0880. The Balaban J connectivity index is 1.77. The van der Waals surface area contributed by atoms with Crippen LogP contribution in [0.25, 0.3) is 0 Å². The first-order chi connectivity index (χ1) is 8.76. The largest absolute Gasteiger partial charge is 0.465 e. The summed E-state index contributed by atoms with van der Waals surface area (Å²) in [6.07, 6.45) is 7.53. The van der Waals surface area contributed by atoms with Crippen LogP contribution in [0.2, 0.25) is 0 Å². The van der Waals surface area contributed by atoms with E-state index in [1.165, 1.54) is 25.7 Å². The Hall–Kier alpha value is -0.570. The van der Waals surface area contributed by atoms with Crippen molar-refractivity contribution in [1.29, 1.82) is 0 Å². The van der Waals surface area contributed by atoms with Crippen LogP contribution in [-0.2, 0) is 9.53 Å². The van der Waals surface area contributed by atoms with Gasteiger partial charge in [0.05, 0.1) is 6.61 Å². The van der Waals surface area contributed by atoms with Gasteiger partial charge in [-0.05, 0) is 63.3 Å². The van der Waals surface area contributed by atoms with E-state index in [1.54, 1.807) is 0 Å². The monoisotopic (exact) mass is 253 g/mol. The Labute approximate surface area is 111 Å². The molecule has 104 valence electrons. The second kappa shape index (κ2) is 6.55. The summed E-state index contributed by atoms with van der Waals surface area (Å²) in [4.78, 5) is 11.8. The predicted molar refractivity (Wildman–Crippen MR) is 72.3 cm³/mol. The molecule has 2 saturated carbocycles. The van der Waals surface area contributed by atoms with Crippen molar-refractivity contribution in [2.24, 2.45) is 17.8 Å². The summed E-state index contributed by atoms with van der Waals surface area (Å²) in [7, 11) is 0. The zero-order valence-electron chi connectivity index (χ0n) is 11.8. The van der Waals surface area contributed by atoms with Crippen LogP contribution in [0.1, 0.15) is 52.4 Å². The van der Waals surface area contributed by atoms with Crippen molar-refractivity contribution in [3.05, 3.63) is 0 Å². The molecule has 2 rings (SSSR count). The molecule has 3 nitrogen and oxygen atoms in total. The highest BCUT2D eigenvalue weighted by Gasteiger charge is 2.41. The highest BCUT2D eigenvalue weighted by Crippen LogP contribution is 2.48. The zero-order valence-corrected chi connectivity index (χ0v) is 11.8.